The molecule has 3 nitrogen and oxygen atoms in total. The topological polar surface area (TPSA) is 30.3 Å². The lowest BCUT2D eigenvalue weighted by Gasteiger charge is -2.29. The third-order valence-electron chi connectivity index (χ3n) is 4.52. The van der Waals surface area contributed by atoms with Crippen LogP contribution in [0.5, 0.6) is 0 Å². The second kappa shape index (κ2) is 4.82. The molecule has 0 fully saturated rings. The van der Waals surface area contributed by atoms with E-state index in [0.717, 1.165) is 16.9 Å². The van der Waals surface area contributed by atoms with Gasteiger partial charge in [0.05, 0.1) is 16.9 Å². The lowest BCUT2D eigenvalue weighted by atomic mass is 10.1. The van der Waals surface area contributed by atoms with Crippen LogP contribution in [0.2, 0.25) is 0 Å². The van der Waals surface area contributed by atoms with Crippen molar-refractivity contribution in [2.45, 2.75) is 26.9 Å². The predicted octanol–water partition coefficient (Wildman–Crippen LogP) is 4.11. The summed E-state index contributed by atoms with van der Waals surface area (Å²) in [7, 11) is 2.05. The molecule has 106 valence electrons. The number of hydrogen-bond donors (Lipinski definition) is 0. The number of fused-ring (bicyclic) bond motifs is 1. The zero-order valence-electron chi connectivity index (χ0n) is 12.9. The number of benzene rings is 2. The van der Waals surface area contributed by atoms with E-state index in [0.29, 0.717) is 0 Å². The number of anilines is 3. The monoisotopic (exact) mass is 277 g/mol. The summed E-state index contributed by atoms with van der Waals surface area (Å²) in [5, 5.41) is 9.37. The molecule has 2 aromatic carbocycles. The fourth-order valence-corrected chi connectivity index (χ4v) is 3.08. The van der Waals surface area contributed by atoms with Gasteiger partial charge < -0.3 is 9.80 Å². The van der Waals surface area contributed by atoms with Gasteiger partial charge in [-0.25, -0.2) is 0 Å². The summed E-state index contributed by atoms with van der Waals surface area (Å²) in [6, 6.07) is 14.6. The number of aryl methyl sites for hydroxylation is 1. The first-order valence-electron chi connectivity index (χ1n) is 7.17. The Morgan fingerprint density at radius 3 is 2.43 bits per heavy atom. The van der Waals surface area contributed by atoms with Crippen LogP contribution >= 0.6 is 0 Å². The van der Waals surface area contributed by atoms with Crippen molar-refractivity contribution in [3.8, 4) is 6.07 Å². The van der Waals surface area contributed by atoms with Crippen LogP contribution in [0.25, 0.3) is 0 Å². The molecular formula is C18H19N3. The van der Waals surface area contributed by atoms with Gasteiger partial charge in [-0.15, -0.1) is 0 Å². The summed E-state index contributed by atoms with van der Waals surface area (Å²) in [5.41, 5.74) is 6.64. The third kappa shape index (κ3) is 1.87. The van der Waals surface area contributed by atoms with Gasteiger partial charge in [0, 0.05) is 12.7 Å². The highest BCUT2D eigenvalue weighted by molar-refractivity contribution is 5.87. The van der Waals surface area contributed by atoms with Gasteiger partial charge in [0.1, 0.15) is 12.2 Å². The minimum atomic E-state index is 0.190. The Bertz CT molecular complexity index is 743. The number of rotatable bonds is 1. The van der Waals surface area contributed by atoms with Crippen LogP contribution in [0.4, 0.5) is 17.1 Å². The highest BCUT2D eigenvalue weighted by Gasteiger charge is 2.34. The number of para-hydroxylation sites is 1. The molecular weight excluding hydrogens is 258 g/mol. The molecule has 3 rings (SSSR count). The van der Waals surface area contributed by atoms with Crippen molar-refractivity contribution in [3.63, 3.8) is 0 Å². The normalized spacial score (nSPS) is 16.8. The Kier molecular flexibility index (Phi) is 3.10. The Morgan fingerprint density at radius 1 is 1.05 bits per heavy atom. The molecule has 0 saturated carbocycles. The molecule has 1 aliphatic rings. The molecule has 0 aromatic heterocycles. The summed E-state index contributed by atoms with van der Waals surface area (Å²) < 4.78 is 0. The average molecular weight is 277 g/mol. The van der Waals surface area contributed by atoms with Crippen molar-refractivity contribution in [2.24, 2.45) is 0 Å². The second-order valence-corrected chi connectivity index (χ2v) is 5.62. The van der Waals surface area contributed by atoms with Gasteiger partial charge in [-0.3, -0.25) is 0 Å². The van der Waals surface area contributed by atoms with E-state index in [1.807, 2.05) is 12.1 Å². The second-order valence-electron chi connectivity index (χ2n) is 5.62. The molecule has 0 saturated heterocycles. The van der Waals surface area contributed by atoms with E-state index in [1.165, 1.54) is 16.8 Å². The van der Waals surface area contributed by atoms with E-state index < -0.39 is 0 Å². The van der Waals surface area contributed by atoms with Crippen LogP contribution in [0.1, 0.15) is 23.6 Å². The van der Waals surface area contributed by atoms with Gasteiger partial charge in [0.25, 0.3) is 0 Å². The Labute approximate surface area is 126 Å². The minimum absolute atomic E-state index is 0.190. The summed E-state index contributed by atoms with van der Waals surface area (Å²) in [6.45, 7) is 6.46. The Morgan fingerprint density at radius 2 is 1.71 bits per heavy atom. The average Bonchev–Trinajstić information content (AvgIpc) is 2.74. The zero-order chi connectivity index (χ0) is 15.1. The largest absolute Gasteiger partial charge is 0.351 e. The minimum Gasteiger partial charge on any atom is -0.351 e. The standard InChI is InChI=1S/C18H19N3/c1-12-7-5-9-16(13(12)2)21-14(3)20(4)18-15(11-19)8-6-10-17(18)21/h5-10,14H,1-4H3/t14-/m0/s1. The van der Waals surface area contributed by atoms with Gasteiger partial charge in [0.15, 0.2) is 0 Å². The quantitative estimate of drug-likeness (QED) is 0.786. The smallest absolute Gasteiger partial charge is 0.103 e. The van der Waals surface area contributed by atoms with Crippen molar-refractivity contribution < 1.29 is 0 Å². The Balaban J connectivity index is 2.23. The SMILES string of the molecule is Cc1cccc(N2c3cccc(C#N)c3N(C)[C@@H]2C)c1C. The van der Waals surface area contributed by atoms with Crippen molar-refractivity contribution in [3.05, 3.63) is 53.1 Å². The highest BCUT2D eigenvalue weighted by Crippen LogP contribution is 2.45. The molecule has 1 atom stereocenters. The maximum atomic E-state index is 9.37. The molecule has 0 unspecified atom stereocenters. The van der Waals surface area contributed by atoms with E-state index in [-0.39, 0.29) is 6.17 Å². The molecule has 3 heteroatoms. The van der Waals surface area contributed by atoms with Crippen LogP contribution in [0.15, 0.2) is 36.4 Å². The molecule has 1 aliphatic heterocycles. The van der Waals surface area contributed by atoms with Crippen LogP contribution in [0.3, 0.4) is 0 Å². The molecule has 0 spiro atoms. The van der Waals surface area contributed by atoms with Crippen molar-refractivity contribution in [2.75, 3.05) is 16.8 Å². The summed E-state index contributed by atoms with van der Waals surface area (Å²) in [6.07, 6.45) is 0.190. The molecule has 1 heterocycles. The maximum Gasteiger partial charge on any atom is 0.103 e. The van der Waals surface area contributed by atoms with E-state index in [2.05, 4.69) is 68.0 Å². The van der Waals surface area contributed by atoms with Crippen LogP contribution in [-0.2, 0) is 0 Å². The fourth-order valence-electron chi connectivity index (χ4n) is 3.08. The van der Waals surface area contributed by atoms with Crippen LogP contribution in [-0.4, -0.2) is 13.2 Å². The molecule has 2 aromatic rings. The van der Waals surface area contributed by atoms with Gasteiger partial charge in [0.2, 0.25) is 0 Å². The maximum absolute atomic E-state index is 9.37. The Hall–Kier alpha value is -2.47. The van der Waals surface area contributed by atoms with Gasteiger partial charge >= 0.3 is 0 Å². The molecule has 0 aliphatic carbocycles. The first-order valence-corrected chi connectivity index (χ1v) is 7.17. The first kappa shape index (κ1) is 13.5. The lowest BCUT2D eigenvalue weighted by Crippen LogP contribution is -2.36. The number of nitriles is 1. The number of hydrogen-bond acceptors (Lipinski definition) is 3. The molecule has 0 radical (unpaired) electrons. The highest BCUT2D eigenvalue weighted by atomic mass is 15.4. The predicted molar refractivity (Wildman–Crippen MR) is 87.1 cm³/mol. The zero-order valence-corrected chi connectivity index (χ0v) is 12.9. The van der Waals surface area contributed by atoms with E-state index in [1.54, 1.807) is 0 Å². The summed E-state index contributed by atoms with van der Waals surface area (Å²) >= 11 is 0. The van der Waals surface area contributed by atoms with Crippen LogP contribution in [0, 0.1) is 25.2 Å². The summed E-state index contributed by atoms with van der Waals surface area (Å²) in [5.74, 6) is 0. The summed E-state index contributed by atoms with van der Waals surface area (Å²) in [4.78, 5) is 4.49. The van der Waals surface area contributed by atoms with E-state index in [9.17, 15) is 5.26 Å². The third-order valence-corrected chi connectivity index (χ3v) is 4.52. The van der Waals surface area contributed by atoms with Gasteiger partial charge in [-0.05, 0) is 50.1 Å². The lowest BCUT2D eigenvalue weighted by molar-refractivity contribution is 0.732. The molecule has 0 amide bonds. The van der Waals surface area contributed by atoms with Crippen molar-refractivity contribution >= 4 is 17.1 Å². The first-order chi connectivity index (χ1) is 10.1. The van der Waals surface area contributed by atoms with E-state index in [4.69, 9.17) is 0 Å². The molecule has 21 heavy (non-hydrogen) atoms. The van der Waals surface area contributed by atoms with Gasteiger partial charge in [-0.2, -0.15) is 5.26 Å². The number of nitrogens with zero attached hydrogens (tertiary/aromatic N) is 3. The fraction of sp³-hybridized carbons (Fsp3) is 0.278. The van der Waals surface area contributed by atoms with Crippen molar-refractivity contribution in [1.82, 2.24) is 0 Å². The van der Waals surface area contributed by atoms with E-state index >= 15 is 0 Å². The molecule has 0 bridgehead atoms. The van der Waals surface area contributed by atoms with Crippen molar-refractivity contribution in [1.29, 1.82) is 5.26 Å². The van der Waals surface area contributed by atoms with Gasteiger partial charge in [-0.1, -0.05) is 18.2 Å². The van der Waals surface area contributed by atoms with Crippen LogP contribution < -0.4 is 9.80 Å². The molecule has 0 N–H and O–H groups in total.